The van der Waals surface area contributed by atoms with Crippen LogP contribution < -0.4 is 15.6 Å². The van der Waals surface area contributed by atoms with Crippen LogP contribution in [0.15, 0.2) is 53.5 Å². The summed E-state index contributed by atoms with van der Waals surface area (Å²) in [5, 5.41) is 13.3. The van der Waals surface area contributed by atoms with E-state index in [2.05, 4.69) is 16.4 Å². The van der Waals surface area contributed by atoms with Gasteiger partial charge in [-0.1, -0.05) is 6.07 Å². The molecule has 180 valence electrons. The number of methoxy groups -OCH3 is 1. The van der Waals surface area contributed by atoms with Gasteiger partial charge >= 0.3 is 0 Å². The van der Waals surface area contributed by atoms with E-state index in [0.29, 0.717) is 33.8 Å². The van der Waals surface area contributed by atoms with Crippen molar-refractivity contribution in [2.24, 2.45) is 0 Å². The third-order valence-electron chi connectivity index (χ3n) is 6.33. The number of pyridine rings is 1. The lowest BCUT2D eigenvalue weighted by molar-refractivity contribution is 0.101. The molecule has 5 rings (SSSR count). The molecule has 1 aliphatic heterocycles. The molecular formula is C27H22FN5O3. The summed E-state index contributed by atoms with van der Waals surface area (Å²) in [6.45, 7) is 2.20. The Hall–Kier alpha value is -4.42. The van der Waals surface area contributed by atoms with Crippen LogP contribution >= 0.6 is 0 Å². The van der Waals surface area contributed by atoms with Crippen LogP contribution in [0.2, 0.25) is 0 Å². The molecule has 2 aromatic carbocycles. The lowest BCUT2D eigenvalue weighted by Crippen LogP contribution is -2.29. The number of nitrogens with one attached hydrogen (secondary N) is 1. The third kappa shape index (κ3) is 4.01. The number of fused-ring (bicyclic) bond motifs is 1. The number of carbonyl (C=O) groups is 1. The van der Waals surface area contributed by atoms with Crippen molar-refractivity contribution in [3.8, 4) is 28.6 Å². The summed E-state index contributed by atoms with van der Waals surface area (Å²) in [6.07, 6.45) is 3.20. The van der Waals surface area contributed by atoms with E-state index in [4.69, 9.17) is 9.72 Å². The number of aromatic nitrogens is 3. The van der Waals surface area contributed by atoms with Crippen molar-refractivity contribution >= 4 is 16.7 Å². The summed E-state index contributed by atoms with van der Waals surface area (Å²) >= 11 is 0. The highest BCUT2D eigenvalue weighted by molar-refractivity contribution is 5.96. The number of nitrogens with zero attached hydrogens (tertiary/aromatic N) is 4. The van der Waals surface area contributed by atoms with Crippen molar-refractivity contribution in [2.75, 3.05) is 13.7 Å². The van der Waals surface area contributed by atoms with Gasteiger partial charge < -0.3 is 10.1 Å². The van der Waals surface area contributed by atoms with E-state index < -0.39 is 11.4 Å². The zero-order chi connectivity index (χ0) is 25.4. The number of halogens is 1. The Labute approximate surface area is 206 Å². The van der Waals surface area contributed by atoms with Crippen molar-refractivity contribution in [3.05, 3.63) is 81.9 Å². The minimum Gasteiger partial charge on any atom is -0.494 e. The highest BCUT2D eigenvalue weighted by atomic mass is 19.1. The smallest absolute Gasteiger partial charge is 0.266 e. The number of ether oxygens (including phenoxy) is 1. The molecule has 9 heteroatoms. The number of rotatable bonds is 5. The molecule has 0 amide bonds. The van der Waals surface area contributed by atoms with Crippen molar-refractivity contribution in [3.63, 3.8) is 0 Å². The monoisotopic (exact) mass is 483 g/mol. The summed E-state index contributed by atoms with van der Waals surface area (Å²) in [7, 11) is 1.37. The third-order valence-corrected chi connectivity index (χ3v) is 6.33. The van der Waals surface area contributed by atoms with Crippen LogP contribution in [0, 0.1) is 17.1 Å². The van der Waals surface area contributed by atoms with E-state index in [1.54, 1.807) is 24.3 Å². The van der Waals surface area contributed by atoms with E-state index in [-0.39, 0.29) is 28.5 Å². The maximum atomic E-state index is 14.6. The second kappa shape index (κ2) is 9.32. The van der Waals surface area contributed by atoms with Gasteiger partial charge in [0, 0.05) is 30.3 Å². The predicted octanol–water partition coefficient (Wildman–Crippen LogP) is 4.09. The molecule has 1 atom stereocenters. The number of ketones is 1. The molecule has 0 aliphatic carbocycles. The molecular weight excluding hydrogens is 461 g/mol. The first-order chi connectivity index (χ1) is 17.4. The Morgan fingerprint density at radius 1 is 1.25 bits per heavy atom. The van der Waals surface area contributed by atoms with Gasteiger partial charge in [0.05, 0.1) is 41.4 Å². The number of Topliss-reactive ketones (excluding diaryl/α,β-unsaturated/α-hetero) is 1. The summed E-state index contributed by atoms with van der Waals surface area (Å²) in [5.74, 6) is -0.250. The van der Waals surface area contributed by atoms with Crippen LogP contribution in [0.5, 0.6) is 5.75 Å². The van der Waals surface area contributed by atoms with Gasteiger partial charge in [-0.25, -0.2) is 9.37 Å². The van der Waals surface area contributed by atoms with E-state index in [1.807, 2.05) is 0 Å². The van der Waals surface area contributed by atoms with Crippen LogP contribution in [0.1, 0.15) is 47.7 Å². The largest absolute Gasteiger partial charge is 0.494 e. The van der Waals surface area contributed by atoms with Crippen molar-refractivity contribution in [1.29, 1.82) is 5.26 Å². The summed E-state index contributed by atoms with van der Waals surface area (Å²) < 4.78 is 21.1. The maximum Gasteiger partial charge on any atom is 0.266 e. The molecule has 0 bridgehead atoms. The molecule has 1 aliphatic rings. The first-order valence-corrected chi connectivity index (χ1v) is 11.5. The Bertz CT molecular complexity index is 1600. The van der Waals surface area contributed by atoms with Crippen LogP contribution in [0.3, 0.4) is 0 Å². The highest BCUT2D eigenvalue weighted by Gasteiger charge is 2.26. The minimum atomic E-state index is -0.601. The van der Waals surface area contributed by atoms with Gasteiger partial charge in [-0.2, -0.15) is 5.26 Å². The second-order valence-electron chi connectivity index (χ2n) is 8.60. The van der Waals surface area contributed by atoms with Crippen LogP contribution in [0.25, 0.3) is 27.7 Å². The Morgan fingerprint density at radius 3 is 2.69 bits per heavy atom. The molecule has 1 unspecified atom stereocenters. The number of hydrogen-bond donors (Lipinski definition) is 1. The number of nitriles is 1. The molecule has 0 saturated carbocycles. The first-order valence-electron chi connectivity index (χ1n) is 11.5. The molecule has 2 aromatic heterocycles. The zero-order valence-corrected chi connectivity index (χ0v) is 19.7. The fourth-order valence-electron chi connectivity index (χ4n) is 4.54. The zero-order valence-electron chi connectivity index (χ0n) is 19.7. The van der Waals surface area contributed by atoms with Gasteiger partial charge in [0.1, 0.15) is 11.5 Å². The van der Waals surface area contributed by atoms with E-state index in [0.717, 1.165) is 19.4 Å². The molecule has 1 fully saturated rings. The Balaban J connectivity index is 1.82. The SMILES string of the molecule is COc1ccc(-n2c(C3CCCN3)nc3c(-c4ccc(C(C)=O)nc4)cc(C#N)cc3c2=O)cc1F. The van der Waals surface area contributed by atoms with Gasteiger partial charge in [0.25, 0.3) is 5.56 Å². The molecule has 36 heavy (non-hydrogen) atoms. The molecule has 1 saturated heterocycles. The standard InChI is InChI=1S/C27H22FN5O3/c1-15(34)22-7-5-17(14-31-22)19-10-16(13-29)11-20-25(19)32-26(23-4-3-9-30-23)33(27(20)35)18-6-8-24(36-2)21(28)12-18/h5-8,10-12,14,23,30H,3-4,9H2,1-2H3. The van der Waals surface area contributed by atoms with Crippen LogP contribution in [-0.4, -0.2) is 34.0 Å². The van der Waals surface area contributed by atoms with Gasteiger partial charge in [-0.3, -0.25) is 19.1 Å². The molecule has 1 N–H and O–H groups in total. The number of hydrogen-bond acceptors (Lipinski definition) is 7. The lowest BCUT2D eigenvalue weighted by Gasteiger charge is -2.20. The average molecular weight is 484 g/mol. The molecule has 8 nitrogen and oxygen atoms in total. The first kappa shape index (κ1) is 23.3. The van der Waals surface area contributed by atoms with Crippen LogP contribution in [-0.2, 0) is 0 Å². The quantitative estimate of drug-likeness (QED) is 0.426. The summed E-state index contributed by atoms with van der Waals surface area (Å²) in [4.78, 5) is 34.8. The van der Waals surface area contributed by atoms with Gasteiger partial charge in [-0.05, 0) is 49.7 Å². The maximum absolute atomic E-state index is 14.6. The van der Waals surface area contributed by atoms with Gasteiger partial charge in [0.2, 0.25) is 0 Å². The van der Waals surface area contributed by atoms with Crippen molar-refractivity contribution in [1.82, 2.24) is 19.9 Å². The second-order valence-corrected chi connectivity index (χ2v) is 8.60. The summed E-state index contributed by atoms with van der Waals surface area (Å²) in [5.41, 5.74) is 2.06. The fraction of sp³-hybridized carbons (Fsp3) is 0.222. The van der Waals surface area contributed by atoms with Crippen molar-refractivity contribution < 1.29 is 13.9 Å². The van der Waals surface area contributed by atoms with Crippen LogP contribution in [0.4, 0.5) is 4.39 Å². The normalized spacial score (nSPS) is 15.1. The molecule has 0 radical (unpaired) electrons. The predicted molar refractivity (Wildman–Crippen MR) is 132 cm³/mol. The van der Waals surface area contributed by atoms with Crippen molar-refractivity contribution in [2.45, 2.75) is 25.8 Å². The average Bonchev–Trinajstić information content (AvgIpc) is 3.43. The Morgan fingerprint density at radius 2 is 2.08 bits per heavy atom. The molecule has 0 spiro atoms. The number of benzene rings is 2. The van der Waals surface area contributed by atoms with Gasteiger partial charge in [0.15, 0.2) is 17.3 Å². The minimum absolute atomic E-state index is 0.0663. The number of carbonyl (C=O) groups excluding carboxylic acids is 1. The fourth-order valence-corrected chi connectivity index (χ4v) is 4.54. The summed E-state index contributed by atoms with van der Waals surface area (Å²) in [6, 6.07) is 12.7. The van der Waals surface area contributed by atoms with E-state index in [1.165, 1.54) is 43.0 Å². The highest BCUT2D eigenvalue weighted by Crippen LogP contribution is 2.31. The van der Waals surface area contributed by atoms with Gasteiger partial charge in [-0.15, -0.1) is 0 Å². The molecule has 3 heterocycles. The van der Waals surface area contributed by atoms with E-state index in [9.17, 15) is 19.2 Å². The molecule has 4 aromatic rings. The van der Waals surface area contributed by atoms with E-state index >= 15 is 0 Å². The lowest BCUT2D eigenvalue weighted by atomic mass is 10.00. The Kier molecular flexibility index (Phi) is 6.04. The topological polar surface area (TPSA) is 110 Å².